The van der Waals surface area contributed by atoms with Crippen molar-refractivity contribution in [3.8, 4) is 0 Å². The van der Waals surface area contributed by atoms with E-state index in [0.29, 0.717) is 13.1 Å². The number of ketones is 1. The molecule has 21 heavy (non-hydrogen) atoms. The van der Waals surface area contributed by atoms with Crippen LogP contribution in [0.1, 0.15) is 23.2 Å². The highest BCUT2D eigenvalue weighted by Gasteiger charge is 2.26. The molecule has 1 aliphatic heterocycles. The quantitative estimate of drug-likeness (QED) is 0.668. The zero-order valence-corrected chi connectivity index (χ0v) is 13.4. The maximum absolute atomic E-state index is 12.3. The maximum atomic E-state index is 12.3. The first-order valence-corrected chi connectivity index (χ1v) is 8.47. The standard InChI is InChI=1S/C16H22N2O2S/c1-17-16(20)13-4-3-9-18(10-13)11-15(19)12-5-7-14(21-2)8-6-12/h5-8,13H,3-4,9-11H2,1-2H3,(H,17,20). The second-order valence-electron chi connectivity index (χ2n) is 5.34. The Kier molecular flexibility index (Phi) is 5.82. The number of Topliss-reactive ketones (excluding diaryl/α,β-unsaturated/α-hetero) is 1. The minimum atomic E-state index is 0.00965. The molecule has 1 atom stereocenters. The number of benzene rings is 1. The van der Waals surface area contributed by atoms with Gasteiger partial charge in [-0.3, -0.25) is 14.5 Å². The SMILES string of the molecule is CNC(=O)C1CCCN(CC(=O)c2ccc(SC)cc2)C1. The lowest BCUT2D eigenvalue weighted by Gasteiger charge is -2.31. The molecule has 114 valence electrons. The van der Waals surface area contributed by atoms with E-state index in [1.807, 2.05) is 30.5 Å². The van der Waals surface area contributed by atoms with Crippen molar-refractivity contribution in [3.05, 3.63) is 29.8 Å². The highest BCUT2D eigenvalue weighted by molar-refractivity contribution is 7.98. The molecular formula is C16H22N2O2S. The van der Waals surface area contributed by atoms with Gasteiger partial charge in [-0.2, -0.15) is 0 Å². The topological polar surface area (TPSA) is 49.4 Å². The molecule has 1 aliphatic rings. The van der Waals surface area contributed by atoms with Crippen LogP contribution >= 0.6 is 11.8 Å². The molecule has 0 aromatic heterocycles. The molecule has 2 rings (SSSR count). The van der Waals surface area contributed by atoms with E-state index in [2.05, 4.69) is 10.2 Å². The van der Waals surface area contributed by atoms with Crippen molar-refractivity contribution >= 4 is 23.5 Å². The van der Waals surface area contributed by atoms with E-state index in [4.69, 9.17) is 0 Å². The molecule has 1 aromatic carbocycles. The van der Waals surface area contributed by atoms with Crippen molar-refractivity contribution in [1.29, 1.82) is 0 Å². The van der Waals surface area contributed by atoms with Gasteiger partial charge in [0.2, 0.25) is 5.91 Å². The Balaban J connectivity index is 1.93. The normalized spacial score (nSPS) is 19.2. The maximum Gasteiger partial charge on any atom is 0.224 e. The van der Waals surface area contributed by atoms with Crippen molar-refractivity contribution < 1.29 is 9.59 Å². The minimum Gasteiger partial charge on any atom is -0.359 e. The number of nitrogens with one attached hydrogen (secondary N) is 1. The lowest BCUT2D eigenvalue weighted by molar-refractivity contribution is -0.126. The van der Waals surface area contributed by atoms with E-state index in [1.54, 1.807) is 18.8 Å². The van der Waals surface area contributed by atoms with Crippen LogP contribution in [0.2, 0.25) is 0 Å². The third kappa shape index (κ3) is 4.32. The Morgan fingerprint density at radius 2 is 2.05 bits per heavy atom. The van der Waals surface area contributed by atoms with Gasteiger partial charge in [0, 0.05) is 24.1 Å². The van der Waals surface area contributed by atoms with Crippen LogP contribution in [0.4, 0.5) is 0 Å². The number of likely N-dealkylation sites (tertiary alicyclic amines) is 1. The van der Waals surface area contributed by atoms with Crippen LogP contribution in [-0.2, 0) is 4.79 Å². The van der Waals surface area contributed by atoms with Gasteiger partial charge in [0.15, 0.2) is 5.78 Å². The first-order valence-electron chi connectivity index (χ1n) is 7.25. The minimum absolute atomic E-state index is 0.00965. The molecular weight excluding hydrogens is 284 g/mol. The molecule has 1 N–H and O–H groups in total. The van der Waals surface area contributed by atoms with E-state index < -0.39 is 0 Å². The van der Waals surface area contributed by atoms with Crippen molar-refractivity contribution in [2.24, 2.45) is 5.92 Å². The second-order valence-corrected chi connectivity index (χ2v) is 6.22. The van der Waals surface area contributed by atoms with Crippen molar-refractivity contribution in [3.63, 3.8) is 0 Å². The number of hydrogen-bond donors (Lipinski definition) is 1. The number of nitrogens with zero attached hydrogens (tertiary/aromatic N) is 1. The van der Waals surface area contributed by atoms with Crippen LogP contribution in [0.25, 0.3) is 0 Å². The zero-order valence-electron chi connectivity index (χ0n) is 12.6. The smallest absolute Gasteiger partial charge is 0.224 e. The third-order valence-corrected chi connectivity index (χ3v) is 4.65. The fourth-order valence-electron chi connectivity index (χ4n) is 2.69. The molecule has 1 fully saturated rings. The summed E-state index contributed by atoms with van der Waals surface area (Å²) in [5.41, 5.74) is 0.745. The number of rotatable bonds is 5. The summed E-state index contributed by atoms with van der Waals surface area (Å²) in [5, 5.41) is 2.70. The van der Waals surface area contributed by atoms with E-state index in [9.17, 15) is 9.59 Å². The lowest BCUT2D eigenvalue weighted by atomic mass is 9.96. The third-order valence-electron chi connectivity index (χ3n) is 3.90. The molecule has 0 aliphatic carbocycles. The molecule has 0 saturated carbocycles. The summed E-state index contributed by atoms with van der Waals surface area (Å²) in [6.45, 7) is 1.96. The Morgan fingerprint density at radius 1 is 1.33 bits per heavy atom. The molecule has 0 radical (unpaired) electrons. The van der Waals surface area contributed by atoms with Gasteiger partial charge in [-0.25, -0.2) is 0 Å². The monoisotopic (exact) mass is 306 g/mol. The number of carbonyl (C=O) groups excluding carboxylic acids is 2. The summed E-state index contributed by atoms with van der Waals surface area (Å²) in [6, 6.07) is 7.71. The Bertz CT molecular complexity index is 502. The number of carbonyl (C=O) groups is 2. The van der Waals surface area contributed by atoms with Gasteiger partial charge < -0.3 is 5.32 Å². The summed E-state index contributed by atoms with van der Waals surface area (Å²) in [7, 11) is 1.67. The van der Waals surface area contributed by atoms with Gasteiger partial charge in [-0.15, -0.1) is 11.8 Å². The highest BCUT2D eigenvalue weighted by atomic mass is 32.2. The van der Waals surface area contributed by atoms with E-state index in [1.165, 1.54) is 0 Å². The molecule has 1 amide bonds. The predicted molar refractivity (Wildman–Crippen MR) is 85.8 cm³/mol. The van der Waals surface area contributed by atoms with Crippen LogP contribution in [0.5, 0.6) is 0 Å². The van der Waals surface area contributed by atoms with Crippen LogP contribution < -0.4 is 5.32 Å². The number of piperidine rings is 1. The van der Waals surface area contributed by atoms with Gasteiger partial charge >= 0.3 is 0 Å². The van der Waals surface area contributed by atoms with E-state index in [-0.39, 0.29) is 17.6 Å². The molecule has 1 aromatic rings. The van der Waals surface area contributed by atoms with Crippen LogP contribution in [0.15, 0.2) is 29.2 Å². The predicted octanol–water partition coefficient (Wildman–Crippen LogP) is 2.05. The summed E-state index contributed by atoms with van der Waals surface area (Å²) >= 11 is 1.66. The first-order chi connectivity index (χ1) is 10.1. The average Bonchev–Trinajstić information content (AvgIpc) is 2.54. The van der Waals surface area contributed by atoms with Gasteiger partial charge in [-0.05, 0) is 37.8 Å². The molecule has 1 unspecified atom stereocenters. The summed E-state index contributed by atoms with van der Waals surface area (Å²) in [6.07, 6.45) is 3.90. The van der Waals surface area contributed by atoms with Crippen molar-refractivity contribution in [2.75, 3.05) is 32.9 Å². The van der Waals surface area contributed by atoms with Crippen LogP contribution in [0.3, 0.4) is 0 Å². The lowest BCUT2D eigenvalue weighted by Crippen LogP contribution is -2.44. The molecule has 1 saturated heterocycles. The largest absolute Gasteiger partial charge is 0.359 e. The van der Waals surface area contributed by atoms with Gasteiger partial charge in [-0.1, -0.05) is 12.1 Å². The van der Waals surface area contributed by atoms with Crippen molar-refractivity contribution in [2.45, 2.75) is 17.7 Å². The number of hydrogen-bond acceptors (Lipinski definition) is 4. The van der Waals surface area contributed by atoms with E-state index in [0.717, 1.165) is 29.8 Å². The van der Waals surface area contributed by atoms with Crippen LogP contribution in [-0.4, -0.2) is 49.5 Å². The second kappa shape index (κ2) is 7.61. The number of thioether (sulfide) groups is 1. The van der Waals surface area contributed by atoms with Gasteiger partial charge in [0.1, 0.15) is 0 Å². The average molecular weight is 306 g/mol. The van der Waals surface area contributed by atoms with Crippen LogP contribution in [0, 0.1) is 5.92 Å². The highest BCUT2D eigenvalue weighted by Crippen LogP contribution is 2.18. The molecule has 4 nitrogen and oxygen atoms in total. The first kappa shape index (κ1) is 16.0. The van der Waals surface area contributed by atoms with Gasteiger partial charge in [0.25, 0.3) is 0 Å². The molecule has 5 heteroatoms. The van der Waals surface area contributed by atoms with Crippen molar-refractivity contribution in [1.82, 2.24) is 10.2 Å². The molecule has 0 bridgehead atoms. The summed E-state index contributed by atoms with van der Waals surface area (Å²) < 4.78 is 0. The Morgan fingerprint density at radius 3 is 2.67 bits per heavy atom. The summed E-state index contributed by atoms with van der Waals surface area (Å²) in [4.78, 5) is 27.3. The Hall–Kier alpha value is -1.33. The Labute approximate surface area is 130 Å². The number of amides is 1. The summed E-state index contributed by atoms with van der Waals surface area (Å²) in [5.74, 6) is 0.215. The zero-order chi connectivity index (χ0) is 15.2. The molecule has 0 spiro atoms. The fraction of sp³-hybridized carbons (Fsp3) is 0.500. The molecule has 1 heterocycles. The fourth-order valence-corrected chi connectivity index (χ4v) is 3.10. The van der Waals surface area contributed by atoms with E-state index >= 15 is 0 Å². The van der Waals surface area contributed by atoms with Gasteiger partial charge in [0.05, 0.1) is 12.5 Å².